The van der Waals surface area contributed by atoms with Gasteiger partial charge in [-0.05, 0) is 66.1 Å². The molecule has 0 saturated carbocycles. The summed E-state index contributed by atoms with van der Waals surface area (Å²) in [7, 11) is 1.72. The van der Waals surface area contributed by atoms with Crippen molar-refractivity contribution in [3.63, 3.8) is 0 Å². The van der Waals surface area contributed by atoms with Crippen molar-refractivity contribution in [2.24, 2.45) is 0 Å². The maximum absolute atomic E-state index is 13.1. The Kier molecular flexibility index (Phi) is 7.77. The van der Waals surface area contributed by atoms with Gasteiger partial charge in [-0.3, -0.25) is 0 Å². The molecule has 0 aliphatic heterocycles. The first kappa shape index (κ1) is 15.9. The van der Waals surface area contributed by atoms with Gasteiger partial charge in [0.25, 0.3) is 0 Å². The lowest BCUT2D eigenvalue weighted by Gasteiger charge is -2.20. The summed E-state index contributed by atoms with van der Waals surface area (Å²) in [5.41, 5.74) is 1.18. The van der Waals surface area contributed by atoms with Crippen LogP contribution in [0.15, 0.2) is 18.2 Å². The lowest BCUT2D eigenvalue weighted by Crippen LogP contribution is -2.23. The van der Waals surface area contributed by atoms with Crippen LogP contribution in [-0.2, 0) is 4.74 Å². The third kappa shape index (κ3) is 5.20. The fourth-order valence-electron chi connectivity index (χ4n) is 1.90. The van der Waals surface area contributed by atoms with Gasteiger partial charge in [-0.2, -0.15) is 0 Å². The van der Waals surface area contributed by atoms with E-state index < -0.39 is 0 Å². The van der Waals surface area contributed by atoms with E-state index in [-0.39, 0.29) is 11.9 Å². The zero-order valence-corrected chi connectivity index (χ0v) is 13.2. The maximum Gasteiger partial charge on any atom is 0.124 e. The molecule has 1 unspecified atom stereocenters. The molecule has 0 aliphatic carbocycles. The number of rotatable bonds is 8. The van der Waals surface area contributed by atoms with Crippen LogP contribution in [0.3, 0.4) is 0 Å². The van der Waals surface area contributed by atoms with Gasteiger partial charge in [0.05, 0.1) is 0 Å². The van der Waals surface area contributed by atoms with Crippen molar-refractivity contribution in [3.8, 4) is 0 Å². The van der Waals surface area contributed by atoms with Gasteiger partial charge in [-0.15, -0.1) is 0 Å². The molecular formula is C14H21FINO. The highest BCUT2D eigenvalue weighted by Crippen LogP contribution is 2.24. The van der Waals surface area contributed by atoms with Gasteiger partial charge in [0, 0.05) is 23.3 Å². The molecule has 1 N–H and O–H groups in total. The Morgan fingerprint density at radius 2 is 2.22 bits per heavy atom. The summed E-state index contributed by atoms with van der Waals surface area (Å²) in [4.78, 5) is 0. The van der Waals surface area contributed by atoms with Crippen molar-refractivity contribution in [2.75, 3.05) is 20.3 Å². The molecule has 0 fully saturated rings. The van der Waals surface area contributed by atoms with Crippen LogP contribution in [0.4, 0.5) is 4.39 Å². The second-order valence-corrected chi connectivity index (χ2v) is 5.47. The van der Waals surface area contributed by atoms with Crippen LogP contribution in [0.1, 0.15) is 37.8 Å². The molecule has 1 rings (SSSR count). The van der Waals surface area contributed by atoms with E-state index in [4.69, 9.17) is 4.74 Å². The van der Waals surface area contributed by atoms with Gasteiger partial charge < -0.3 is 10.1 Å². The Hall–Kier alpha value is -0.200. The minimum Gasteiger partial charge on any atom is -0.385 e. The van der Waals surface area contributed by atoms with Crippen molar-refractivity contribution < 1.29 is 9.13 Å². The summed E-state index contributed by atoms with van der Waals surface area (Å²) >= 11 is 2.20. The monoisotopic (exact) mass is 365 g/mol. The fourth-order valence-corrected chi connectivity index (χ4v) is 2.76. The van der Waals surface area contributed by atoms with Crippen LogP contribution in [0.5, 0.6) is 0 Å². The van der Waals surface area contributed by atoms with Gasteiger partial charge in [-0.25, -0.2) is 4.39 Å². The SMILES string of the molecule is CCCNC(CCCOC)c1ccc(F)cc1I. The van der Waals surface area contributed by atoms with Gasteiger partial charge in [0.1, 0.15) is 5.82 Å². The normalized spacial score (nSPS) is 12.7. The second kappa shape index (κ2) is 8.82. The lowest BCUT2D eigenvalue weighted by atomic mass is 10.0. The molecule has 0 heterocycles. The topological polar surface area (TPSA) is 21.3 Å². The summed E-state index contributed by atoms with van der Waals surface area (Å²) in [6, 6.07) is 5.30. The minimum atomic E-state index is -0.172. The lowest BCUT2D eigenvalue weighted by molar-refractivity contribution is 0.188. The number of benzene rings is 1. The average Bonchev–Trinajstić information content (AvgIpc) is 2.34. The standard InChI is InChI=1S/C14H21FINO/c1-3-8-17-14(5-4-9-18-2)12-7-6-11(15)10-13(12)16/h6-7,10,14,17H,3-5,8-9H2,1-2H3. The molecule has 4 heteroatoms. The van der Waals surface area contributed by atoms with Crippen LogP contribution >= 0.6 is 22.6 Å². The molecule has 0 spiro atoms. The van der Waals surface area contributed by atoms with E-state index in [2.05, 4.69) is 34.8 Å². The Morgan fingerprint density at radius 1 is 1.44 bits per heavy atom. The van der Waals surface area contributed by atoms with E-state index in [1.54, 1.807) is 13.2 Å². The number of methoxy groups -OCH3 is 1. The van der Waals surface area contributed by atoms with Gasteiger partial charge in [-0.1, -0.05) is 13.0 Å². The van der Waals surface area contributed by atoms with Crippen molar-refractivity contribution in [3.05, 3.63) is 33.1 Å². The van der Waals surface area contributed by atoms with Gasteiger partial charge >= 0.3 is 0 Å². The van der Waals surface area contributed by atoms with E-state index >= 15 is 0 Å². The Morgan fingerprint density at radius 3 is 2.83 bits per heavy atom. The van der Waals surface area contributed by atoms with Crippen LogP contribution in [0.2, 0.25) is 0 Å². The molecule has 0 saturated heterocycles. The summed E-state index contributed by atoms with van der Waals surface area (Å²) in [6.45, 7) is 3.89. The molecule has 18 heavy (non-hydrogen) atoms. The molecule has 0 aromatic heterocycles. The molecule has 0 bridgehead atoms. The van der Waals surface area contributed by atoms with E-state index in [1.807, 2.05) is 6.07 Å². The van der Waals surface area contributed by atoms with Gasteiger partial charge in [0.2, 0.25) is 0 Å². The third-order valence-corrected chi connectivity index (χ3v) is 3.75. The molecule has 0 aliphatic rings. The molecule has 0 radical (unpaired) electrons. The number of hydrogen-bond donors (Lipinski definition) is 1. The van der Waals surface area contributed by atoms with E-state index in [9.17, 15) is 4.39 Å². The predicted molar refractivity (Wildman–Crippen MR) is 81.3 cm³/mol. The molecular weight excluding hydrogens is 344 g/mol. The number of hydrogen-bond acceptors (Lipinski definition) is 2. The number of ether oxygens (including phenoxy) is 1. The van der Waals surface area contributed by atoms with E-state index in [0.29, 0.717) is 0 Å². The van der Waals surface area contributed by atoms with Crippen LogP contribution in [-0.4, -0.2) is 20.3 Å². The molecule has 1 aromatic rings. The van der Waals surface area contributed by atoms with Crippen LogP contribution in [0.25, 0.3) is 0 Å². The van der Waals surface area contributed by atoms with Crippen molar-refractivity contribution in [1.29, 1.82) is 0 Å². The van der Waals surface area contributed by atoms with Crippen LogP contribution < -0.4 is 5.32 Å². The molecule has 102 valence electrons. The first-order valence-corrected chi connectivity index (χ1v) is 7.44. The van der Waals surface area contributed by atoms with E-state index in [0.717, 1.165) is 36.0 Å². The molecule has 2 nitrogen and oxygen atoms in total. The minimum absolute atomic E-state index is 0.172. The highest BCUT2D eigenvalue weighted by atomic mass is 127. The Labute approximate surface area is 122 Å². The first-order chi connectivity index (χ1) is 8.69. The number of halogens is 2. The molecule has 1 atom stereocenters. The van der Waals surface area contributed by atoms with Crippen LogP contribution in [0, 0.1) is 9.39 Å². The largest absolute Gasteiger partial charge is 0.385 e. The summed E-state index contributed by atoms with van der Waals surface area (Å²) in [6.07, 6.45) is 3.11. The average molecular weight is 365 g/mol. The maximum atomic E-state index is 13.1. The zero-order chi connectivity index (χ0) is 13.4. The quantitative estimate of drug-likeness (QED) is 0.557. The van der Waals surface area contributed by atoms with E-state index in [1.165, 1.54) is 11.6 Å². The fraction of sp³-hybridized carbons (Fsp3) is 0.571. The zero-order valence-electron chi connectivity index (χ0n) is 11.0. The number of nitrogens with one attached hydrogen (secondary N) is 1. The first-order valence-electron chi connectivity index (χ1n) is 6.36. The highest BCUT2D eigenvalue weighted by Gasteiger charge is 2.13. The highest BCUT2D eigenvalue weighted by molar-refractivity contribution is 14.1. The van der Waals surface area contributed by atoms with Gasteiger partial charge in [0.15, 0.2) is 0 Å². The van der Waals surface area contributed by atoms with Crippen molar-refractivity contribution >= 4 is 22.6 Å². The molecule has 1 aromatic carbocycles. The smallest absolute Gasteiger partial charge is 0.124 e. The third-order valence-electron chi connectivity index (χ3n) is 2.82. The summed E-state index contributed by atoms with van der Waals surface area (Å²) < 4.78 is 19.2. The molecule has 0 amide bonds. The predicted octanol–water partition coefficient (Wildman–Crippen LogP) is 3.90. The second-order valence-electron chi connectivity index (χ2n) is 4.31. The Bertz CT molecular complexity index is 360. The summed E-state index contributed by atoms with van der Waals surface area (Å²) in [5.74, 6) is -0.172. The van der Waals surface area contributed by atoms with Crippen molar-refractivity contribution in [1.82, 2.24) is 5.32 Å². The Balaban J connectivity index is 2.73. The van der Waals surface area contributed by atoms with Crippen molar-refractivity contribution in [2.45, 2.75) is 32.2 Å². The summed E-state index contributed by atoms with van der Waals surface area (Å²) in [5, 5.41) is 3.52.